The highest BCUT2D eigenvalue weighted by molar-refractivity contribution is 5.90. The fourth-order valence-corrected chi connectivity index (χ4v) is 2.07. The van der Waals surface area contributed by atoms with Crippen molar-refractivity contribution in [1.82, 2.24) is 15.0 Å². The highest BCUT2D eigenvalue weighted by Crippen LogP contribution is 2.06. The van der Waals surface area contributed by atoms with E-state index in [0.717, 1.165) is 11.3 Å². The Labute approximate surface area is 144 Å². The van der Waals surface area contributed by atoms with Crippen LogP contribution in [-0.2, 0) is 16.2 Å². The van der Waals surface area contributed by atoms with Crippen LogP contribution in [0.5, 0.6) is 0 Å². The summed E-state index contributed by atoms with van der Waals surface area (Å²) in [6.45, 7) is 0.212. The minimum Gasteiger partial charge on any atom is -0.465 e. The molecule has 0 saturated carbocycles. The van der Waals surface area contributed by atoms with E-state index in [1.807, 2.05) is 30.3 Å². The Kier molecular flexibility index (Phi) is 5.16. The third-order valence-corrected chi connectivity index (χ3v) is 3.35. The lowest BCUT2D eigenvalue weighted by atomic mass is 10.1. The Bertz CT molecular complexity index is 858. The zero-order chi connectivity index (χ0) is 17.5. The van der Waals surface area contributed by atoms with E-state index in [1.54, 1.807) is 36.7 Å². The first kappa shape index (κ1) is 16.4. The Morgan fingerprint density at radius 3 is 2.64 bits per heavy atom. The predicted octanol–water partition coefficient (Wildman–Crippen LogP) is 2.60. The minimum absolute atomic E-state index is 0.212. The number of methoxy groups -OCH3 is 1. The summed E-state index contributed by atoms with van der Waals surface area (Å²) in [5.74, 6) is -0.374. The van der Waals surface area contributed by atoms with Crippen LogP contribution in [0, 0.1) is 0 Å². The molecule has 3 rings (SSSR count). The number of para-hydroxylation sites is 1. The summed E-state index contributed by atoms with van der Waals surface area (Å²) < 4.78 is 4.65. The second-order valence-corrected chi connectivity index (χ2v) is 5.08. The van der Waals surface area contributed by atoms with Gasteiger partial charge in [-0.2, -0.15) is 9.90 Å². The number of carbonyl (C=O) groups is 1. The predicted molar refractivity (Wildman–Crippen MR) is 91.5 cm³/mol. The summed E-state index contributed by atoms with van der Waals surface area (Å²) in [5.41, 5.74) is 2.84. The van der Waals surface area contributed by atoms with Gasteiger partial charge in [0.2, 0.25) is 0 Å². The number of benzene rings is 2. The quantitative estimate of drug-likeness (QED) is 0.393. The molecule has 0 bridgehead atoms. The Morgan fingerprint density at radius 2 is 1.92 bits per heavy atom. The van der Waals surface area contributed by atoms with E-state index in [2.05, 4.69) is 20.1 Å². The smallest absolute Gasteiger partial charge is 0.337 e. The summed E-state index contributed by atoms with van der Waals surface area (Å²) in [6, 6.07) is 16.5. The third kappa shape index (κ3) is 4.29. The van der Waals surface area contributed by atoms with Gasteiger partial charge in [-0.25, -0.2) is 4.79 Å². The average Bonchev–Trinajstić information content (AvgIpc) is 3.15. The molecule has 1 aromatic heterocycles. The summed E-state index contributed by atoms with van der Waals surface area (Å²) in [7, 11) is 1.35. The molecule has 0 aliphatic heterocycles. The minimum atomic E-state index is -0.374. The number of hydrogen-bond donors (Lipinski definition) is 0. The van der Waals surface area contributed by atoms with Gasteiger partial charge in [0, 0.05) is 0 Å². The highest BCUT2D eigenvalue weighted by atomic mass is 16.6. The number of aromatic nitrogens is 3. The fraction of sp³-hybridized carbons (Fsp3) is 0.111. The summed E-state index contributed by atoms with van der Waals surface area (Å²) >= 11 is 0. The van der Waals surface area contributed by atoms with Gasteiger partial charge in [-0.15, -0.1) is 5.10 Å². The van der Waals surface area contributed by atoms with Crippen molar-refractivity contribution < 1.29 is 14.4 Å². The molecule has 0 saturated heterocycles. The van der Waals surface area contributed by atoms with Crippen LogP contribution in [0.1, 0.15) is 21.6 Å². The normalized spacial score (nSPS) is 10.8. The molecule has 7 nitrogen and oxygen atoms in total. The lowest BCUT2D eigenvalue weighted by molar-refractivity contribution is 0.0600. The van der Waals surface area contributed by atoms with E-state index in [4.69, 9.17) is 4.84 Å². The Morgan fingerprint density at radius 1 is 1.16 bits per heavy atom. The van der Waals surface area contributed by atoms with Crippen LogP contribution >= 0.6 is 0 Å². The number of carbonyl (C=O) groups excluding carboxylic acids is 1. The van der Waals surface area contributed by atoms with Crippen molar-refractivity contribution in [3.63, 3.8) is 0 Å². The van der Waals surface area contributed by atoms with Gasteiger partial charge in [-0.3, -0.25) is 0 Å². The first-order valence-electron chi connectivity index (χ1n) is 7.56. The van der Waals surface area contributed by atoms with Crippen molar-refractivity contribution in [2.75, 3.05) is 7.11 Å². The molecular formula is C18H16N4O3. The number of rotatable bonds is 6. The molecule has 126 valence electrons. The van der Waals surface area contributed by atoms with E-state index in [-0.39, 0.29) is 12.6 Å². The van der Waals surface area contributed by atoms with Crippen LogP contribution < -0.4 is 0 Å². The summed E-state index contributed by atoms with van der Waals surface area (Å²) in [6.07, 6.45) is 3.19. The van der Waals surface area contributed by atoms with Crippen LogP contribution in [0.4, 0.5) is 0 Å². The molecule has 0 aliphatic rings. The van der Waals surface area contributed by atoms with Crippen molar-refractivity contribution in [2.45, 2.75) is 6.61 Å². The van der Waals surface area contributed by atoms with Gasteiger partial charge >= 0.3 is 5.97 Å². The molecule has 2 aromatic carbocycles. The lowest BCUT2D eigenvalue weighted by Gasteiger charge is -1.99. The van der Waals surface area contributed by atoms with Gasteiger partial charge in [0.05, 0.1) is 30.8 Å². The average molecular weight is 336 g/mol. The lowest BCUT2D eigenvalue weighted by Crippen LogP contribution is -2.00. The number of nitrogens with zero attached hydrogens (tertiary/aromatic N) is 4. The van der Waals surface area contributed by atoms with Crippen molar-refractivity contribution in [1.29, 1.82) is 0 Å². The number of esters is 1. The molecule has 3 aromatic rings. The van der Waals surface area contributed by atoms with Crippen LogP contribution in [-0.4, -0.2) is 34.3 Å². The molecule has 0 aliphatic carbocycles. The fourth-order valence-electron chi connectivity index (χ4n) is 2.07. The molecular weight excluding hydrogens is 320 g/mol. The summed E-state index contributed by atoms with van der Waals surface area (Å²) in [4.78, 5) is 18.1. The molecule has 0 N–H and O–H groups in total. The first-order valence-corrected chi connectivity index (χ1v) is 7.56. The van der Waals surface area contributed by atoms with Crippen molar-refractivity contribution in [2.24, 2.45) is 5.16 Å². The van der Waals surface area contributed by atoms with Gasteiger partial charge in [-0.05, 0) is 29.8 Å². The van der Waals surface area contributed by atoms with Crippen LogP contribution in [0.25, 0.3) is 5.69 Å². The largest absolute Gasteiger partial charge is 0.465 e. The number of ether oxygens (including phenoxy) is 1. The maximum Gasteiger partial charge on any atom is 0.337 e. The molecule has 25 heavy (non-hydrogen) atoms. The molecule has 0 spiro atoms. The number of oxime groups is 1. The number of hydrogen-bond acceptors (Lipinski definition) is 6. The van der Waals surface area contributed by atoms with Crippen molar-refractivity contribution in [3.8, 4) is 5.69 Å². The SMILES string of the molecule is COC(=O)c1ccc(/C=N/OCc2cnn(-c3ccccc3)n2)cc1. The Hall–Kier alpha value is -3.48. The van der Waals surface area contributed by atoms with E-state index >= 15 is 0 Å². The van der Waals surface area contributed by atoms with Gasteiger partial charge < -0.3 is 9.57 Å². The molecule has 7 heteroatoms. The molecule has 0 unspecified atom stereocenters. The molecule has 0 atom stereocenters. The standard InChI is InChI=1S/C18H16N4O3/c1-24-18(23)15-9-7-14(8-10-15)11-20-25-13-16-12-19-22(21-16)17-5-3-2-4-6-17/h2-12H,13H2,1H3/b20-11+. The second kappa shape index (κ2) is 7.87. The summed E-state index contributed by atoms with van der Waals surface area (Å²) in [5, 5.41) is 12.4. The van der Waals surface area contributed by atoms with Crippen molar-refractivity contribution >= 4 is 12.2 Å². The molecule has 0 radical (unpaired) electrons. The van der Waals surface area contributed by atoms with Crippen LogP contribution in [0.3, 0.4) is 0 Å². The van der Waals surface area contributed by atoms with Crippen LogP contribution in [0.2, 0.25) is 0 Å². The maximum atomic E-state index is 11.4. The molecule has 1 heterocycles. The van der Waals surface area contributed by atoms with Gasteiger partial charge in [0.15, 0.2) is 6.61 Å². The zero-order valence-corrected chi connectivity index (χ0v) is 13.6. The first-order chi connectivity index (χ1) is 12.3. The van der Waals surface area contributed by atoms with Gasteiger partial charge in [-0.1, -0.05) is 35.5 Å². The van der Waals surface area contributed by atoms with Gasteiger partial charge in [0.1, 0.15) is 5.69 Å². The second-order valence-electron chi connectivity index (χ2n) is 5.08. The Balaban J connectivity index is 1.53. The molecule has 0 amide bonds. The zero-order valence-electron chi connectivity index (χ0n) is 13.6. The van der Waals surface area contributed by atoms with E-state index < -0.39 is 0 Å². The van der Waals surface area contributed by atoms with E-state index in [1.165, 1.54) is 11.9 Å². The maximum absolute atomic E-state index is 11.4. The molecule has 0 fully saturated rings. The van der Waals surface area contributed by atoms with Gasteiger partial charge in [0.25, 0.3) is 0 Å². The third-order valence-electron chi connectivity index (χ3n) is 3.35. The van der Waals surface area contributed by atoms with E-state index in [9.17, 15) is 4.79 Å². The van der Waals surface area contributed by atoms with E-state index in [0.29, 0.717) is 11.3 Å². The van der Waals surface area contributed by atoms with Crippen molar-refractivity contribution in [3.05, 3.63) is 77.6 Å². The highest BCUT2D eigenvalue weighted by Gasteiger charge is 2.04. The monoisotopic (exact) mass is 336 g/mol. The topological polar surface area (TPSA) is 78.6 Å². The van der Waals surface area contributed by atoms with Crippen LogP contribution in [0.15, 0.2) is 65.9 Å².